The molecule has 0 radical (unpaired) electrons. The summed E-state index contributed by atoms with van der Waals surface area (Å²) in [5.74, 6) is 0.371. The SMILES string of the molecule is COc1cc(Cl)c(C)cc1NC(=O)[C@@H](C)Sc1nnc2sc3ccccc3n12. The first-order chi connectivity index (χ1) is 13.5. The van der Waals surface area contributed by atoms with E-state index in [1.807, 2.05) is 36.4 Å². The van der Waals surface area contributed by atoms with E-state index < -0.39 is 0 Å². The summed E-state index contributed by atoms with van der Waals surface area (Å²) in [6.07, 6.45) is 0. The van der Waals surface area contributed by atoms with Crippen LogP contribution >= 0.6 is 34.7 Å². The molecule has 144 valence electrons. The standard InChI is InChI=1S/C19H17ClN4O2S2/c1-10-8-13(15(26-3)9-12(10)20)21-17(25)11(2)27-18-22-23-19-24(18)14-6-4-5-7-16(14)28-19/h4-9,11H,1-3H3,(H,21,25)/t11-/m1/s1. The number of aryl methyl sites for hydroxylation is 1. The van der Waals surface area contributed by atoms with Gasteiger partial charge in [-0.05, 0) is 37.6 Å². The number of hydrogen-bond acceptors (Lipinski definition) is 6. The number of carbonyl (C=O) groups excluding carboxylic acids is 1. The summed E-state index contributed by atoms with van der Waals surface area (Å²) in [7, 11) is 1.55. The number of thioether (sulfide) groups is 1. The maximum atomic E-state index is 12.8. The number of methoxy groups -OCH3 is 1. The first-order valence-electron chi connectivity index (χ1n) is 8.52. The van der Waals surface area contributed by atoms with Crippen molar-refractivity contribution in [1.29, 1.82) is 0 Å². The zero-order chi connectivity index (χ0) is 19.8. The Morgan fingerprint density at radius 2 is 2.11 bits per heavy atom. The molecule has 0 bridgehead atoms. The van der Waals surface area contributed by atoms with E-state index in [-0.39, 0.29) is 11.2 Å². The lowest BCUT2D eigenvalue weighted by Crippen LogP contribution is -2.23. The Hall–Kier alpha value is -2.29. The Bertz CT molecular complexity index is 1190. The van der Waals surface area contributed by atoms with Crippen LogP contribution in [0.3, 0.4) is 0 Å². The molecule has 0 unspecified atom stereocenters. The number of rotatable bonds is 5. The van der Waals surface area contributed by atoms with E-state index in [9.17, 15) is 4.79 Å². The molecule has 1 N–H and O–H groups in total. The van der Waals surface area contributed by atoms with E-state index in [4.69, 9.17) is 16.3 Å². The number of carbonyl (C=O) groups is 1. The number of nitrogens with one attached hydrogen (secondary N) is 1. The maximum Gasteiger partial charge on any atom is 0.237 e. The van der Waals surface area contributed by atoms with Crippen molar-refractivity contribution in [2.24, 2.45) is 0 Å². The minimum atomic E-state index is -0.383. The fraction of sp³-hybridized carbons (Fsp3) is 0.211. The minimum Gasteiger partial charge on any atom is -0.495 e. The zero-order valence-corrected chi connectivity index (χ0v) is 17.8. The number of hydrogen-bond donors (Lipinski definition) is 1. The van der Waals surface area contributed by atoms with E-state index in [1.165, 1.54) is 11.8 Å². The van der Waals surface area contributed by atoms with Gasteiger partial charge in [-0.1, -0.05) is 46.8 Å². The topological polar surface area (TPSA) is 68.5 Å². The van der Waals surface area contributed by atoms with Crippen LogP contribution in [0.1, 0.15) is 12.5 Å². The predicted octanol–water partition coefficient (Wildman–Crippen LogP) is 5.03. The van der Waals surface area contributed by atoms with Crippen molar-refractivity contribution in [3.8, 4) is 5.75 Å². The van der Waals surface area contributed by atoms with Gasteiger partial charge in [-0.25, -0.2) is 0 Å². The Labute approximate surface area is 174 Å². The highest BCUT2D eigenvalue weighted by atomic mass is 35.5. The summed E-state index contributed by atoms with van der Waals surface area (Å²) in [5.41, 5.74) is 2.49. The quantitative estimate of drug-likeness (QED) is 0.448. The number of para-hydroxylation sites is 1. The van der Waals surface area contributed by atoms with Crippen LogP contribution in [-0.4, -0.2) is 32.9 Å². The van der Waals surface area contributed by atoms with Gasteiger partial charge in [0.2, 0.25) is 10.9 Å². The van der Waals surface area contributed by atoms with E-state index in [0.29, 0.717) is 21.6 Å². The van der Waals surface area contributed by atoms with Crippen LogP contribution in [-0.2, 0) is 4.79 Å². The number of halogens is 1. The maximum absolute atomic E-state index is 12.8. The summed E-state index contributed by atoms with van der Waals surface area (Å²) >= 11 is 9.08. The number of ether oxygens (including phenoxy) is 1. The number of amides is 1. The number of nitrogens with zero attached hydrogens (tertiary/aromatic N) is 3. The summed E-state index contributed by atoms with van der Waals surface area (Å²) in [6.45, 7) is 3.72. The number of thiazole rings is 1. The van der Waals surface area contributed by atoms with E-state index in [1.54, 1.807) is 30.6 Å². The number of anilines is 1. The smallest absolute Gasteiger partial charge is 0.237 e. The van der Waals surface area contributed by atoms with Crippen molar-refractivity contribution in [2.45, 2.75) is 24.3 Å². The van der Waals surface area contributed by atoms with Crippen molar-refractivity contribution in [2.75, 3.05) is 12.4 Å². The van der Waals surface area contributed by atoms with Crippen LogP contribution in [0.2, 0.25) is 5.02 Å². The third-order valence-corrected chi connectivity index (χ3v) is 6.76. The van der Waals surface area contributed by atoms with Gasteiger partial charge in [0.1, 0.15) is 5.75 Å². The second kappa shape index (κ2) is 7.62. The molecule has 0 saturated carbocycles. The molecule has 4 rings (SSSR count). The number of benzene rings is 2. The fourth-order valence-corrected chi connectivity index (χ4v) is 4.84. The Morgan fingerprint density at radius 1 is 1.32 bits per heavy atom. The number of fused-ring (bicyclic) bond motifs is 3. The van der Waals surface area contributed by atoms with Gasteiger partial charge < -0.3 is 10.1 Å². The van der Waals surface area contributed by atoms with Crippen LogP contribution in [0, 0.1) is 6.92 Å². The normalized spacial score (nSPS) is 12.4. The molecule has 4 aromatic rings. The first-order valence-corrected chi connectivity index (χ1v) is 10.6. The van der Waals surface area contributed by atoms with Gasteiger partial charge in [-0.3, -0.25) is 9.20 Å². The minimum absolute atomic E-state index is 0.152. The van der Waals surface area contributed by atoms with Crippen LogP contribution in [0.25, 0.3) is 15.2 Å². The van der Waals surface area contributed by atoms with Gasteiger partial charge in [0.05, 0.1) is 28.3 Å². The third kappa shape index (κ3) is 3.43. The summed E-state index contributed by atoms with van der Waals surface area (Å²) < 4.78 is 8.45. The fourth-order valence-electron chi connectivity index (χ4n) is 2.81. The molecule has 0 aliphatic rings. The zero-order valence-electron chi connectivity index (χ0n) is 15.4. The lowest BCUT2D eigenvalue weighted by molar-refractivity contribution is -0.115. The summed E-state index contributed by atoms with van der Waals surface area (Å²) in [4.78, 5) is 13.6. The van der Waals surface area contributed by atoms with Crippen LogP contribution < -0.4 is 10.1 Å². The van der Waals surface area contributed by atoms with E-state index in [2.05, 4.69) is 21.6 Å². The summed E-state index contributed by atoms with van der Waals surface area (Å²) in [6, 6.07) is 11.6. The second-order valence-electron chi connectivity index (χ2n) is 6.22. The Kier molecular flexibility index (Phi) is 5.18. The van der Waals surface area contributed by atoms with Crippen molar-refractivity contribution in [1.82, 2.24) is 14.6 Å². The van der Waals surface area contributed by atoms with E-state index >= 15 is 0 Å². The monoisotopic (exact) mass is 432 g/mol. The van der Waals surface area contributed by atoms with Crippen molar-refractivity contribution in [3.63, 3.8) is 0 Å². The van der Waals surface area contributed by atoms with Gasteiger partial charge in [-0.15, -0.1) is 10.2 Å². The van der Waals surface area contributed by atoms with Crippen molar-refractivity contribution >= 4 is 61.5 Å². The molecular weight excluding hydrogens is 416 g/mol. The van der Waals surface area contributed by atoms with Gasteiger partial charge in [0.25, 0.3) is 0 Å². The van der Waals surface area contributed by atoms with Crippen LogP contribution in [0.5, 0.6) is 5.75 Å². The lowest BCUT2D eigenvalue weighted by Gasteiger charge is -2.15. The average molecular weight is 433 g/mol. The van der Waals surface area contributed by atoms with Crippen LogP contribution in [0.4, 0.5) is 5.69 Å². The van der Waals surface area contributed by atoms with E-state index in [0.717, 1.165) is 20.7 Å². The van der Waals surface area contributed by atoms with Gasteiger partial charge in [0, 0.05) is 11.1 Å². The molecule has 0 spiro atoms. The molecule has 1 atom stereocenters. The molecule has 2 aromatic carbocycles. The third-order valence-electron chi connectivity index (χ3n) is 4.30. The highest BCUT2D eigenvalue weighted by molar-refractivity contribution is 8.00. The molecule has 1 amide bonds. The molecule has 0 aliphatic carbocycles. The second-order valence-corrected chi connectivity index (χ2v) is 8.95. The van der Waals surface area contributed by atoms with Crippen LogP contribution in [0.15, 0.2) is 41.6 Å². The molecule has 28 heavy (non-hydrogen) atoms. The molecule has 0 fully saturated rings. The van der Waals surface area contributed by atoms with Gasteiger partial charge >= 0.3 is 0 Å². The van der Waals surface area contributed by atoms with Crippen molar-refractivity contribution < 1.29 is 9.53 Å². The number of aromatic nitrogens is 3. The largest absolute Gasteiger partial charge is 0.495 e. The average Bonchev–Trinajstić information content (AvgIpc) is 3.24. The van der Waals surface area contributed by atoms with Crippen molar-refractivity contribution in [3.05, 3.63) is 47.0 Å². The summed E-state index contributed by atoms with van der Waals surface area (Å²) in [5, 5.41) is 12.3. The molecule has 9 heteroatoms. The molecule has 2 aromatic heterocycles. The highest BCUT2D eigenvalue weighted by Gasteiger charge is 2.21. The van der Waals surface area contributed by atoms with Gasteiger partial charge in [-0.2, -0.15) is 0 Å². The molecular formula is C19H17ClN4O2S2. The first kappa shape index (κ1) is 19.0. The lowest BCUT2D eigenvalue weighted by atomic mass is 10.2. The molecule has 0 aliphatic heterocycles. The molecule has 2 heterocycles. The van der Waals surface area contributed by atoms with Gasteiger partial charge in [0.15, 0.2) is 5.16 Å². The predicted molar refractivity (Wildman–Crippen MR) is 115 cm³/mol. The Balaban J connectivity index is 1.57. The highest BCUT2D eigenvalue weighted by Crippen LogP contribution is 2.33. The molecule has 0 saturated heterocycles. The molecule has 6 nitrogen and oxygen atoms in total. The Morgan fingerprint density at radius 3 is 2.89 bits per heavy atom.